The van der Waals surface area contributed by atoms with Crippen LogP contribution in [0.4, 0.5) is 5.69 Å². The van der Waals surface area contributed by atoms with E-state index >= 15 is 0 Å². The fraction of sp³-hybridized carbons (Fsp3) is 0.625. The van der Waals surface area contributed by atoms with E-state index in [9.17, 15) is 0 Å². The van der Waals surface area contributed by atoms with E-state index in [0.29, 0.717) is 0 Å². The van der Waals surface area contributed by atoms with Gasteiger partial charge in [0.05, 0.1) is 0 Å². The van der Waals surface area contributed by atoms with Crippen molar-refractivity contribution in [2.24, 2.45) is 0 Å². The van der Waals surface area contributed by atoms with Crippen molar-refractivity contribution >= 4 is 5.69 Å². The van der Waals surface area contributed by atoms with Crippen LogP contribution in [0.5, 0.6) is 0 Å². The molecule has 18 heavy (non-hydrogen) atoms. The van der Waals surface area contributed by atoms with Crippen LogP contribution in [-0.4, -0.2) is 24.5 Å². The Labute approximate surface area is 111 Å². The topological polar surface area (TPSA) is 29.3 Å². The van der Waals surface area contributed by atoms with Crippen molar-refractivity contribution < 1.29 is 0 Å². The molecule has 2 heteroatoms. The number of benzene rings is 1. The van der Waals surface area contributed by atoms with Gasteiger partial charge in [-0.1, -0.05) is 6.42 Å². The van der Waals surface area contributed by atoms with Crippen molar-refractivity contribution in [3.63, 3.8) is 0 Å². The Morgan fingerprint density at radius 1 is 1.06 bits per heavy atom. The Hall–Kier alpha value is -1.02. The van der Waals surface area contributed by atoms with Crippen LogP contribution < -0.4 is 5.73 Å². The molecule has 1 aliphatic heterocycles. The third-order valence-electron chi connectivity index (χ3n) is 4.07. The van der Waals surface area contributed by atoms with Gasteiger partial charge in [0.1, 0.15) is 0 Å². The predicted octanol–water partition coefficient (Wildman–Crippen LogP) is 3.30. The van der Waals surface area contributed by atoms with Gasteiger partial charge >= 0.3 is 0 Å². The number of hydrogen-bond donors (Lipinski definition) is 1. The first-order chi connectivity index (χ1) is 8.66. The molecule has 1 aromatic rings. The Kier molecular flexibility index (Phi) is 4.65. The lowest BCUT2D eigenvalue weighted by molar-refractivity contribution is 0.226. The van der Waals surface area contributed by atoms with Gasteiger partial charge in [-0.25, -0.2) is 0 Å². The molecule has 0 atom stereocenters. The molecule has 0 unspecified atom stereocenters. The number of nitrogen functional groups attached to an aromatic ring is 1. The van der Waals surface area contributed by atoms with E-state index < -0.39 is 0 Å². The van der Waals surface area contributed by atoms with E-state index in [4.69, 9.17) is 5.73 Å². The number of anilines is 1. The highest BCUT2D eigenvalue weighted by molar-refractivity contribution is 5.48. The summed E-state index contributed by atoms with van der Waals surface area (Å²) in [6, 6.07) is 4.20. The van der Waals surface area contributed by atoms with Crippen LogP contribution in [0, 0.1) is 13.8 Å². The third kappa shape index (κ3) is 3.49. The van der Waals surface area contributed by atoms with Gasteiger partial charge in [-0.2, -0.15) is 0 Å². The van der Waals surface area contributed by atoms with E-state index in [-0.39, 0.29) is 0 Å². The monoisotopic (exact) mass is 246 g/mol. The zero-order valence-corrected chi connectivity index (χ0v) is 11.8. The summed E-state index contributed by atoms with van der Waals surface area (Å²) in [7, 11) is 0. The highest BCUT2D eigenvalue weighted by Crippen LogP contribution is 2.20. The van der Waals surface area contributed by atoms with Gasteiger partial charge in [-0.3, -0.25) is 0 Å². The number of piperidine rings is 1. The zero-order chi connectivity index (χ0) is 13.0. The molecule has 2 rings (SSSR count). The maximum absolute atomic E-state index is 5.87. The molecule has 0 saturated carbocycles. The van der Waals surface area contributed by atoms with Crippen molar-refractivity contribution in [2.45, 2.75) is 46.0 Å². The predicted molar refractivity (Wildman–Crippen MR) is 78.9 cm³/mol. The summed E-state index contributed by atoms with van der Waals surface area (Å²) >= 11 is 0. The summed E-state index contributed by atoms with van der Waals surface area (Å²) in [5, 5.41) is 0. The van der Waals surface area contributed by atoms with Gasteiger partial charge in [0.2, 0.25) is 0 Å². The highest BCUT2D eigenvalue weighted by atomic mass is 15.1. The second-order valence-electron chi connectivity index (χ2n) is 5.64. The third-order valence-corrected chi connectivity index (χ3v) is 4.07. The van der Waals surface area contributed by atoms with Crippen LogP contribution in [0.2, 0.25) is 0 Å². The van der Waals surface area contributed by atoms with Gasteiger partial charge in [0, 0.05) is 5.69 Å². The Balaban J connectivity index is 1.86. The second kappa shape index (κ2) is 6.24. The number of rotatable bonds is 4. The largest absolute Gasteiger partial charge is 0.399 e. The molecule has 2 nitrogen and oxygen atoms in total. The molecule has 2 N–H and O–H groups in total. The van der Waals surface area contributed by atoms with Crippen LogP contribution in [-0.2, 0) is 6.42 Å². The van der Waals surface area contributed by atoms with E-state index in [2.05, 4.69) is 30.9 Å². The minimum Gasteiger partial charge on any atom is -0.399 e. The number of nitrogens with zero attached hydrogens (tertiary/aromatic N) is 1. The molecule has 0 aliphatic carbocycles. The number of likely N-dealkylation sites (tertiary alicyclic amines) is 1. The Bertz CT molecular complexity index is 369. The van der Waals surface area contributed by atoms with E-state index in [1.807, 2.05) is 0 Å². The average molecular weight is 246 g/mol. The van der Waals surface area contributed by atoms with Crippen LogP contribution in [0.1, 0.15) is 42.4 Å². The maximum atomic E-state index is 5.87. The van der Waals surface area contributed by atoms with E-state index in [1.165, 1.54) is 68.4 Å². The number of nitrogens with two attached hydrogens (primary N) is 1. The summed E-state index contributed by atoms with van der Waals surface area (Å²) in [6.45, 7) is 8.22. The van der Waals surface area contributed by atoms with Gasteiger partial charge in [0.15, 0.2) is 0 Å². The SMILES string of the molecule is Cc1cc(N)cc(C)c1CCCN1CCCCC1. The summed E-state index contributed by atoms with van der Waals surface area (Å²) < 4.78 is 0. The number of aryl methyl sites for hydroxylation is 2. The molecule has 100 valence electrons. The number of hydrogen-bond acceptors (Lipinski definition) is 2. The lowest BCUT2D eigenvalue weighted by Crippen LogP contribution is -2.30. The average Bonchev–Trinajstić information content (AvgIpc) is 2.34. The molecule has 0 amide bonds. The summed E-state index contributed by atoms with van der Waals surface area (Å²) in [5.74, 6) is 0. The molecule has 0 radical (unpaired) electrons. The Morgan fingerprint density at radius 3 is 2.28 bits per heavy atom. The smallest absolute Gasteiger partial charge is 0.0319 e. The molecule has 1 saturated heterocycles. The second-order valence-corrected chi connectivity index (χ2v) is 5.64. The summed E-state index contributed by atoms with van der Waals surface area (Å²) in [4.78, 5) is 2.62. The molecular weight excluding hydrogens is 220 g/mol. The maximum Gasteiger partial charge on any atom is 0.0319 e. The van der Waals surface area contributed by atoms with Crippen molar-refractivity contribution in [1.29, 1.82) is 0 Å². The minimum absolute atomic E-state index is 0.893. The molecule has 1 fully saturated rings. The van der Waals surface area contributed by atoms with Crippen LogP contribution in [0.25, 0.3) is 0 Å². The standard InChI is InChI=1S/C16H26N2/c1-13-11-15(17)12-14(2)16(13)7-6-10-18-8-4-3-5-9-18/h11-12H,3-10,17H2,1-2H3. The van der Waals surface area contributed by atoms with Gasteiger partial charge in [-0.05, 0) is 88.0 Å². The van der Waals surface area contributed by atoms with Crippen molar-refractivity contribution in [2.75, 3.05) is 25.4 Å². The molecular formula is C16H26N2. The first-order valence-electron chi connectivity index (χ1n) is 7.25. The van der Waals surface area contributed by atoms with Crippen LogP contribution in [0.15, 0.2) is 12.1 Å². The lowest BCUT2D eigenvalue weighted by Gasteiger charge is -2.26. The van der Waals surface area contributed by atoms with Crippen LogP contribution in [0.3, 0.4) is 0 Å². The summed E-state index contributed by atoms with van der Waals surface area (Å²) in [6.07, 6.45) is 6.66. The molecule has 0 bridgehead atoms. The van der Waals surface area contributed by atoms with Gasteiger partial charge < -0.3 is 10.6 Å². The van der Waals surface area contributed by atoms with E-state index in [1.54, 1.807) is 0 Å². The molecule has 0 aromatic heterocycles. The summed E-state index contributed by atoms with van der Waals surface area (Å²) in [5.41, 5.74) is 11.0. The van der Waals surface area contributed by atoms with E-state index in [0.717, 1.165) is 5.69 Å². The first kappa shape index (κ1) is 13.4. The van der Waals surface area contributed by atoms with Crippen molar-refractivity contribution in [3.05, 3.63) is 28.8 Å². The quantitative estimate of drug-likeness (QED) is 0.826. The van der Waals surface area contributed by atoms with Crippen molar-refractivity contribution in [3.8, 4) is 0 Å². The Morgan fingerprint density at radius 2 is 1.67 bits per heavy atom. The highest BCUT2D eigenvalue weighted by Gasteiger charge is 2.10. The van der Waals surface area contributed by atoms with Crippen LogP contribution >= 0.6 is 0 Å². The fourth-order valence-electron chi connectivity index (χ4n) is 3.08. The molecule has 1 heterocycles. The van der Waals surface area contributed by atoms with Gasteiger partial charge in [-0.15, -0.1) is 0 Å². The van der Waals surface area contributed by atoms with Crippen molar-refractivity contribution in [1.82, 2.24) is 4.90 Å². The van der Waals surface area contributed by atoms with Gasteiger partial charge in [0.25, 0.3) is 0 Å². The lowest BCUT2D eigenvalue weighted by atomic mass is 9.97. The minimum atomic E-state index is 0.893. The molecule has 1 aliphatic rings. The normalized spacial score (nSPS) is 17.0. The molecule has 0 spiro atoms. The molecule has 1 aromatic carbocycles. The first-order valence-corrected chi connectivity index (χ1v) is 7.25. The zero-order valence-electron chi connectivity index (χ0n) is 11.8. The fourth-order valence-corrected chi connectivity index (χ4v) is 3.08.